The summed E-state index contributed by atoms with van der Waals surface area (Å²) >= 11 is 0. The zero-order chi connectivity index (χ0) is 18.7. The van der Waals surface area contributed by atoms with Gasteiger partial charge in [-0.05, 0) is 29.7 Å². The fraction of sp³-hybridized carbons (Fsp3) is 0.368. The van der Waals surface area contributed by atoms with E-state index >= 15 is 0 Å². The van der Waals surface area contributed by atoms with Gasteiger partial charge in [-0.15, -0.1) is 0 Å². The molecular weight excluding hydrogens is 357 g/mol. The van der Waals surface area contributed by atoms with Crippen molar-refractivity contribution in [3.63, 3.8) is 0 Å². The molecule has 1 aliphatic heterocycles. The molecule has 1 saturated heterocycles. The second-order valence-electron chi connectivity index (χ2n) is 6.59. The molecule has 0 amide bonds. The molecular formula is C19H22FNO4S. The summed E-state index contributed by atoms with van der Waals surface area (Å²) < 4.78 is 45.5. The largest absolute Gasteiger partial charge is 0.486 e. The van der Waals surface area contributed by atoms with Gasteiger partial charge in [0.1, 0.15) is 6.10 Å². The monoisotopic (exact) mass is 379 g/mol. The van der Waals surface area contributed by atoms with Crippen molar-refractivity contribution in [2.75, 3.05) is 19.3 Å². The number of rotatable bonds is 5. The van der Waals surface area contributed by atoms with E-state index < -0.39 is 21.9 Å². The van der Waals surface area contributed by atoms with Crippen LogP contribution < -0.4 is 4.74 Å². The molecule has 1 aliphatic rings. The molecule has 0 aromatic heterocycles. The summed E-state index contributed by atoms with van der Waals surface area (Å²) in [7, 11) is -3.40. The van der Waals surface area contributed by atoms with Crippen molar-refractivity contribution in [2.24, 2.45) is 0 Å². The van der Waals surface area contributed by atoms with Gasteiger partial charge in [-0.2, -0.15) is 4.31 Å². The first-order valence-electron chi connectivity index (χ1n) is 8.43. The molecule has 3 rings (SSSR count). The molecule has 2 aromatic rings. The van der Waals surface area contributed by atoms with Gasteiger partial charge in [0.05, 0.1) is 19.4 Å². The molecule has 0 spiro atoms. The Labute approximate surface area is 153 Å². The number of hydrogen-bond donors (Lipinski definition) is 1. The van der Waals surface area contributed by atoms with E-state index in [2.05, 4.69) is 0 Å². The van der Waals surface area contributed by atoms with Crippen molar-refractivity contribution in [3.05, 3.63) is 65.5 Å². The summed E-state index contributed by atoms with van der Waals surface area (Å²) in [4.78, 5) is 0. The number of benzene rings is 2. The standard InChI is InChI=1S/C19H22FNO4S/c1-26(23,24)21-11-16(15-5-3-2-4-6-15)10-17(12-21)25-19-9-14(13-22)7-8-18(19)20/h2-9,16-17,22H,10-13H2,1H3/t16-,17+/m0/s1. The van der Waals surface area contributed by atoms with Crippen molar-refractivity contribution in [1.82, 2.24) is 4.31 Å². The van der Waals surface area contributed by atoms with E-state index in [1.165, 1.54) is 28.8 Å². The van der Waals surface area contributed by atoms with Crippen molar-refractivity contribution >= 4 is 10.0 Å². The number of aliphatic hydroxyl groups is 1. The van der Waals surface area contributed by atoms with E-state index in [0.717, 1.165) is 5.56 Å². The number of halogens is 1. The van der Waals surface area contributed by atoms with Crippen LogP contribution in [-0.4, -0.2) is 43.3 Å². The third-order valence-electron chi connectivity index (χ3n) is 4.59. The van der Waals surface area contributed by atoms with Gasteiger partial charge in [-0.1, -0.05) is 36.4 Å². The van der Waals surface area contributed by atoms with Crippen LogP contribution in [0.4, 0.5) is 4.39 Å². The summed E-state index contributed by atoms with van der Waals surface area (Å²) in [6.07, 6.45) is 1.27. The fourth-order valence-corrected chi connectivity index (χ4v) is 4.14. The number of ether oxygens (including phenoxy) is 1. The minimum absolute atomic E-state index is 0.0312. The highest BCUT2D eigenvalue weighted by molar-refractivity contribution is 7.88. The molecule has 26 heavy (non-hydrogen) atoms. The van der Waals surface area contributed by atoms with E-state index in [4.69, 9.17) is 4.74 Å². The molecule has 1 N–H and O–H groups in total. The molecule has 0 radical (unpaired) electrons. The minimum atomic E-state index is -3.40. The lowest BCUT2D eigenvalue weighted by Crippen LogP contribution is -2.47. The zero-order valence-corrected chi connectivity index (χ0v) is 15.3. The lowest BCUT2D eigenvalue weighted by atomic mass is 9.90. The Morgan fingerprint density at radius 3 is 2.58 bits per heavy atom. The van der Waals surface area contributed by atoms with Crippen molar-refractivity contribution in [3.8, 4) is 5.75 Å². The fourth-order valence-electron chi connectivity index (χ4n) is 3.25. The summed E-state index contributed by atoms with van der Waals surface area (Å²) in [5.74, 6) is -0.535. The second-order valence-corrected chi connectivity index (χ2v) is 8.57. The molecule has 7 heteroatoms. The number of hydrogen-bond acceptors (Lipinski definition) is 4. The predicted molar refractivity (Wildman–Crippen MR) is 97.0 cm³/mol. The SMILES string of the molecule is CS(=O)(=O)N1C[C@H](Oc2cc(CO)ccc2F)C[C@H](c2ccccc2)C1. The number of nitrogens with zero attached hydrogens (tertiary/aromatic N) is 1. The van der Waals surface area contributed by atoms with E-state index in [0.29, 0.717) is 18.5 Å². The Kier molecular flexibility index (Phi) is 5.60. The van der Waals surface area contributed by atoms with Gasteiger partial charge in [0.15, 0.2) is 11.6 Å². The van der Waals surface area contributed by atoms with Crippen LogP contribution in [0.5, 0.6) is 5.75 Å². The van der Waals surface area contributed by atoms with Crippen LogP contribution in [-0.2, 0) is 16.6 Å². The van der Waals surface area contributed by atoms with E-state index in [1.54, 1.807) is 0 Å². The Bertz CT molecular complexity index is 857. The van der Waals surface area contributed by atoms with Crippen LogP contribution in [0.25, 0.3) is 0 Å². The van der Waals surface area contributed by atoms with Crippen LogP contribution in [0.3, 0.4) is 0 Å². The molecule has 140 valence electrons. The van der Waals surface area contributed by atoms with Gasteiger partial charge in [0.2, 0.25) is 10.0 Å². The highest BCUT2D eigenvalue weighted by Crippen LogP contribution is 2.31. The van der Waals surface area contributed by atoms with Crippen LogP contribution in [0.1, 0.15) is 23.5 Å². The molecule has 1 heterocycles. The molecule has 0 saturated carbocycles. The lowest BCUT2D eigenvalue weighted by molar-refractivity contribution is 0.113. The predicted octanol–water partition coefficient (Wildman–Crippen LogP) is 2.51. The normalized spacial score (nSPS) is 21.5. The van der Waals surface area contributed by atoms with Crippen molar-refractivity contribution in [2.45, 2.75) is 25.0 Å². The van der Waals surface area contributed by atoms with E-state index in [-0.39, 0.29) is 24.8 Å². The molecule has 0 aliphatic carbocycles. The van der Waals surface area contributed by atoms with Crippen molar-refractivity contribution in [1.29, 1.82) is 0 Å². The zero-order valence-electron chi connectivity index (χ0n) is 14.5. The maximum Gasteiger partial charge on any atom is 0.211 e. The smallest absolute Gasteiger partial charge is 0.211 e. The molecule has 2 atom stereocenters. The minimum Gasteiger partial charge on any atom is -0.486 e. The Morgan fingerprint density at radius 2 is 1.92 bits per heavy atom. The van der Waals surface area contributed by atoms with Gasteiger partial charge >= 0.3 is 0 Å². The van der Waals surface area contributed by atoms with Crippen LogP contribution in [0.2, 0.25) is 0 Å². The van der Waals surface area contributed by atoms with Gasteiger partial charge in [0, 0.05) is 12.5 Å². The Balaban J connectivity index is 1.86. The quantitative estimate of drug-likeness (QED) is 0.867. The van der Waals surface area contributed by atoms with Gasteiger partial charge in [-0.25, -0.2) is 12.8 Å². The first kappa shape index (κ1) is 18.8. The highest BCUT2D eigenvalue weighted by atomic mass is 32.2. The molecule has 1 fully saturated rings. The van der Waals surface area contributed by atoms with E-state index in [9.17, 15) is 17.9 Å². The molecule has 2 aromatic carbocycles. The van der Waals surface area contributed by atoms with E-state index in [1.807, 2.05) is 30.3 Å². The lowest BCUT2D eigenvalue weighted by Gasteiger charge is -2.36. The van der Waals surface area contributed by atoms with Crippen molar-refractivity contribution < 1.29 is 22.7 Å². The number of aliphatic hydroxyl groups excluding tert-OH is 1. The molecule has 0 unspecified atom stereocenters. The Morgan fingerprint density at radius 1 is 1.19 bits per heavy atom. The maximum atomic E-state index is 14.1. The van der Waals surface area contributed by atoms with Crippen LogP contribution in [0.15, 0.2) is 48.5 Å². The number of piperidine rings is 1. The average Bonchev–Trinajstić information content (AvgIpc) is 2.63. The number of sulfonamides is 1. The maximum absolute atomic E-state index is 14.1. The molecule has 5 nitrogen and oxygen atoms in total. The van der Waals surface area contributed by atoms with Crippen LogP contribution in [0, 0.1) is 5.82 Å². The highest BCUT2D eigenvalue weighted by Gasteiger charge is 2.34. The van der Waals surface area contributed by atoms with Gasteiger partial charge in [-0.3, -0.25) is 0 Å². The van der Waals surface area contributed by atoms with Gasteiger partial charge in [0.25, 0.3) is 0 Å². The first-order valence-corrected chi connectivity index (χ1v) is 10.3. The topological polar surface area (TPSA) is 66.8 Å². The summed E-state index contributed by atoms with van der Waals surface area (Å²) in [6, 6.07) is 13.8. The molecule has 0 bridgehead atoms. The average molecular weight is 379 g/mol. The Hall–Kier alpha value is -1.96. The first-order chi connectivity index (χ1) is 12.4. The summed E-state index contributed by atoms with van der Waals surface area (Å²) in [5, 5.41) is 9.23. The third-order valence-corrected chi connectivity index (χ3v) is 5.83. The van der Waals surface area contributed by atoms with Gasteiger partial charge < -0.3 is 9.84 Å². The summed E-state index contributed by atoms with van der Waals surface area (Å²) in [5.41, 5.74) is 1.57. The van der Waals surface area contributed by atoms with Crippen LogP contribution >= 0.6 is 0 Å². The third kappa shape index (κ3) is 4.41. The summed E-state index contributed by atoms with van der Waals surface area (Å²) in [6.45, 7) is 0.330. The second kappa shape index (κ2) is 7.73.